The Bertz CT molecular complexity index is 269. The summed E-state index contributed by atoms with van der Waals surface area (Å²) in [4.78, 5) is 16.0. The fourth-order valence-electron chi connectivity index (χ4n) is 2.80. The number of thioether (sulfide) groups is 1. The zero-order chi connectivity index (χ0) is 12.3. The number of hydrogen-bond donors (Lipinski definition) is 1. The molecule has 1 amide bonds. The normalized spacial score (nSPS) is 30.8. The molecule has 2 aliphatic heterocycles. The second kappa shape index (κ2) is 6.07. The first-order valence-electron chi connectivity index (χ1n) is 6.41. The van der Waals surface area contributed by atoms with Crippen LogP contribution in [-0.2, 0) is 4.79 Å². The quantitative estimate of drug-likeness (QED) is 0.796. The molecule has 1 N–H and O–H groups in total. The highest BCUT2D eigenvalue weighted by atomic mass is 32.2. The van der Waals surface area contributed by atoms with Gasteiger partial charge in [0.2, 0.25) is 5.91 Å². The summed E-state index contributed by atoms with van der Waals surface area (Å²) in [5.74, 6) is 0.690. The summed E-state index contributed by atoms with van der Waals surface area (Å²) < 4.78 is 0. The van der Waals surface area contributed by atoms with Crippen molar-refractivity contribution in [3.05, 3.63) is 0 Å². The lowest BCUT2D eigenvalue weighted by molar-refractivity contribution is -0.127. The van der Waals surface area contributed by atoms with Crippen LogP contribution in [0.3, 0.4) is 0 Å². The number of carbonyl (C=O) groups is 1. The molecular weight excluding hydrogens is 236 g/mol. The molecule has 2 fully saturated rings. The van der Waals surface area contributed by atoms with Gasteiger partial charge in [-0.05, 0) is 32.2 Å². The zero-order valence-electron chi connectivity index (χ0n) is 10.5. The number of hydrogen-bond acceptors (Lipinski definition) is 4. The van der Waals surface area contributed by atoms with Crippen molar-refractivity contribution in [2.75, 3.05) is 38.2 Å². The fourth-order valence-corrected chi connectivity index (χ4v) is 3.23. The average Bonchev–Trinajstić information content (AvgIpc) is 2.73. The second-order valence-corrected chi connectivity index (χ2v) is 5.83. The summed E-state index contributed by atoms with van der Waals surface area (Å²) in [6.07, 6.45) is 5.32. The number of likely N-dealkylation sites (tertiary alicyclic amines) is 2. The van der Waals surface area contributed by atoms with Crippen LogP contribution in [0.15, 0.2) is 0 Å². The van der Waals surface area contributed by atoms with Crippen molar-refractivity contribution >= 4 is 17.7 Å². The molecule has 5 heteroatoms. The minimum absolute atomic E-state index is 0.163. The average molecular weight is 258 g/mol. The van der Waals surface area contributed by atoms with Gasteiger partial charge in [-0.15, -0.1) is 0 Å². The van der Waals surface area contributed by atoms with E-state index in [0.717, 1.165) is 13.1 Å². The van der Waals surface area contributed by atoms with E-state index in [4.69, 9.17) is 0 Å². The third kappa shape index (κ3) is 3.14. The summed E-state index contributed by atoms with van der Waals surface area (Å²) in [5, 5.41) is 10.1. The lowest BCUT2D eigenvalue weighted by atomic mass is 10.1. The van der Waals surface area contributed by atoms with E-state index >= 15 is 0 Å². The van der Waals surface area contributed by atoms with E-state index in [-0.39, 0.29) is 18.1 Å². The molecule has 2 rings (SSSR count). The minimum atomic E-state index is -0.362. The van der Waals surface area contributed by atoms with Gasteiger partial charge in [0.05, 0.1) is 17.9 Å². The van der Waals surface area contributed by atoms with Gasteiger partial charge in [0.25, 0.3) is 0 Å². The Labute approximate surface area is 107 Å². The number of β-amino-alcohol motifs (C(OH)–C–C–N with tert-alkyl or cyclic N) is 1. The largest absolute Gasteiger partial charge is 0.390 e. The molecule has 0 spiro atoms. The molecule has 0 radical (unpaired) electrons. The number of nitrogens with zero attached hydrogens (tertiary/aromatic N) is 2. The molecule has 2 aliphatic rings. The standard InChI is InChI=1S/C12H22N2O2S/c1-17-9-12(16)14-7-10(11(15)8-14)13-5-3-2-4-6-13/h10-11,15H,2-9H2,1H3/t10-,11-/m0/s1. The van der Waals surface area contributed by atoms with Gasteiger partial charge in [-0.25, -0.2) is 0 Å². The minimum Gasteiger partial charge on any atom is -0.390 e. The van der Waals surface area contributed by atoms with Gasteiger partial charge in [-0.1, -0.05) is 6.42 Å². The van der Waals surface area contributed by atoms with E-state index in [1.54, 1.807) is 11.8 Å². The molecule has 2 heterocycles. The number of piperidine rings is 1. The van der Waals surface area contributed by atoms with Gasteiger partial charge in [-0.3, -0.25) is 9.69 Å². The monoisotopic (exact) mass is 258 g/mol. The third-order valence-electron chi connectivity index (χ3n) is 3.74. The van der Waals surface area contributed by atoms with E-state index in [0.29, 0.717) is 18.8 Å². The predicted octanol–water partition coefficient (Wildman–Crippen LogP) is 0.407. The number of aliphatic hydroxyl groups is 1. The highest BCUT2D eigenvalue weighted by molar-refractivity contribution is 7.99. The Morgan fingerprint density at radius 2 is 2.00 bits per heavy atom. The Morgan fingerprint density at radius 3 is 2.65 bits per heavy atom. The fraction of sp³-hybridized carbons (Fsp3) is 0.917. The molecule has 0 bridgehead atoms. The van der Waals surface area contributed by atoms with E-state index < -0.39 is 0 Å². The molecule has 0 aromatic rings. The molecule has 0 aromatic heterocycles. The first-order chi connectivity index (χ1) is 8.22. The molecule has 0 aromatic carbocycles. The predicted molar refractivity (Wildman–Crippen MR) is 70.2 cm³/mol. The van der Waals surface area contributed by atoms with E-state index in [9.17, 15) is 9.90 Å². The third-order valence-corrected chi connectivity index (χ3v) is 4.27. The lowest BCUT2D eigenvalue weighted by Gasteiger charge is -2.33. The molecule has 4 nitrogen and oxygen atoms in total. The van der Waals surface area contributed by atoms with Crippen molar-refractivity contribution in [2.24, 2.45) is 0 Å². The van der Waals surface area contributed by atoms with Crippen LogP contribution in [0.1, 0.15) is 19.3 Å². The van der Waals surface area contributed by atoms with Gasteiger partial charge in [0, 0.05) is 13.1 Å². The van der Waals surface area contributed by atoms with Crippen LogP contribution >= 0.6 is 11.8 Å². The molecule has 2 atom stereocenters. The van der Waals surface area contributed by atoms with E-state index in [1.165, 1.54) is 19.3 Å². The maximum absolute atomic E-state index is 11.8. The zero-order valence-corrected chi connectivity index (χ0v) is 11.3. The Kier molecular flexibility index (Phi) is 4.70. The SMILES string of the molecule is CSCC(=O)N1C[C@H](O)[C@@H](N2CCCCC2)C1. The summed E-state index contributed by atoms with van der Waals surface area (Å²) in [7, 11) is 0. The first-order valence-corrected chi connectivity index (χ1v) is 7.80. The molecule has 0 unspecified atom stereocenters. The number of amides is 1. The highest BCUT2D eigenvalue weighted by Crippen LogP contribution is 2.21. The van der Waals surface area contributed by atoms with Crippen LogP contribution in [0.4, 0.5) is 0 Å². The van der Waals surface area contributed by atoms with Crippen LogP contribution in [0, 0.1) is 0 Å². The molecular formula is C12H22N2O2S. The second-order valence-electron chi connectivity index (χ2n) is 4.96. The molecule has 98 valence electrons. The Hall–Kier alpha value is -0.260. The van der Waals surface area contributed by atoms with Gasteiger partial charge in [0.1, 0.15) is 0 Å². The topological polar surface area (TPSA) is 43.8 Å². The summed E-state index contributed by atoms with van der Waals surface area (Å²) in [6.45, 7) is 3.37. The van der Waals surface area contributed by atoms with Crippen LogP contribution in [-0.4, -0.2) is 71.1 Å². The summed E-state index contributed by atoms with van der Waals surface area (Å²) >= 11 is 1.55. The highest BCUT2D eigenvalue weighted by Gasteiger charge is 2.37. The van der Waals surface area contributed by atoms with E-state index in [1.807, 2.05) is 11.2 Å². The summed E-state index contributed by atoms with van der Waals surface area (Å²) in [5.41, 5.74) is 0. The van der Waals surface area contributed by atoms with Crippen LogP contribution in [0.25, 0.3) is 0 Å². The first kappa shape index (κ1) is 13.2. The van der Waals surface area contributed by atoms with Crippen LogP contribution in [0.2, 0.25) is 0 Å². The summed E-state index contributed by atoms with van der Waals surface area (Å²) in [6, 6.07) is 0.168. The van der Waals surface area contributed by atoms with Crippen LogP contribution < -0.4 is 0 Å². The number of carbonyl (C=O) groups excluding carboxylic acids is 1. The number of rotatable bonds is 3. The van der Waals surface area contributed by atoms with Crippen LogP contribution in [0.5, 0.6) is 0 Å². The van der Waals surface area contributed by atoms with Crippen molar-refractivity contribution in [3.63, 3.8) is 0 Å². The number of aliphatic hydroxyl groups excluding tert-OH is 1. The molecule has 17 heavy (non-hydrogen) atoms. The molecule has 2 saturated heterocycles. The Morgan fingerprint density at radius 1 is 1.29 bits per heavy atom. The van der Waals surface area contributed by atoms with Crippen molar-refractivity contribution in [1.29, 1.82) is 0 Å². The lowest BCUT2D eigenvalue weighted by Crippen LogP contribution is -2.46. The Balaban J connectivity index is 1.89. The molecule has 0 aliphatic carbocycles. The van der Waals surface area contributed by atoms with Gasteiger partial charge in [-0.2, -0.15) is 11.8 Å². The van der Waals surface area contributed by atoms with Crippen molar-refractivity contribution in [3.8, 4) is 0 Å². The molecule has 0 saturated carbocycles. The van der Waals surface area contributed by atoms with Crippen molar-refractivity contribution in [2.45, 2.75) is 31.4 Å². The van der Waals surface area contributed by atoms with Crippen molar-refractivity contribution in [1.82, 2.24) is 9.80 Å². The maximum Gasteiger partial charge on any atom is 0.232 e. The maximum atomic E-state index is 11.8. The van der Waals surface area contributed by atoms with Gasteiger partial charge >= 0.3 is 0 Å². The van der Waals surface area contributed by atoms with Crippen molar-refractivity contribution < 1.29 is 9.90 Å². The smallest absolute Gasteiger partial charge is 0.232 e. The van der Waals surface area contributed by atoms with Gasteiger partial charge in [0.15, 0.2) is 0 Å². The van der Waals surface area contributed by atoms with Gasteiger partial charge < -0.3 is 10.0 Å². The van der Waals surface area contributed by atoms with E-state index in [2.05, 4.69) is 4.90 Å².